The molecule has 0 saturated carbocycles. The van der Waals surface area contributed by atoms with Crippen LogP contribution in [0.15, 0.2) is 42.5 Å². The summed E-state index contributed by atoms with van der Waals surface area (Å²) in [5.74, 6) is 0.118. The summed E-state index contributed by atoms with van der Waals surface area (Å²) in [4.78, 5) is 14.3. The van der Waals surface area contributed by atoms with Crippen molar-refractivity contribution in [1.29, 1.82) is 0 Å². The molecule has 112 valence electrons. The molecule has 4 heteroatoms. The van der Waals surface area contributed by atoms with Crippen molar-refractivity contribution >= 4 is 32.6 Å². The summed E-state index contributed by atoms with van der Waals surface area (Å²) >= 11 is 3.51. The van der Waals surface area contributed by atoms with Crippen molar-refractivity contribution in [2.45, 2.75) is 11.2 Å². The summed E-state index contributed by atoms with van der Waals surface area (Å²) in [6.07, 6.45) is 0.421. The average Bonchev–Trinajstić information content (AvgIpc) is 2.47. The molecule has 0 heterocycles. The lowest BCUT2D eigenvalue weighted by Gasteiger charge is -2.20. The molecule has 2 rings (SSSR count). The molecule has 0 spiro atoms. The highest BCUT2D eigenvalue weighted by Crippen LogP contribution is 2.19. The maximum absolute atomic E-state index is 12.4. The zero-order valence-electron chi connectivity index (χ0n) is 12.4. The third kappa shape index (κ3) is 4.29. The maximum Gasteiger partial charge on any atom is 0.226 e. The lowest BCUT2D eigenvalue weighted by molar-refractivity contribution is -0.129. The van der Waals surface area contributed by atoms with Gasteiger partial charge in [-0.2, -0.15) is 0 Å². The Balaban J connectivity index is 2.07. The van der Waals surface area contributed by atoms with Crippen LogP contribution in [-0.2, 0) is 16.0 Å². The van der Waals surface area contributed by atoms with E-state index in [4.69, 9.17) is 4.74 Å². The van der Waals surface area contributed by atoms with E-state index < -0.39 is 0 Å². The minimum absolute atomic E-state index is 0.118. The van der Waals surface area contributed by atoms with E-state index in [1.807, 2.05) is 31.3 Å². The predicted octanol–water partition coefficient (Wildman–Crippen LogP) is 3.25. The van der Waals surface area contributed by atoms with Gasteiger partial charge in [-0.1, -0.05) is 58.4 Å². The molecule has 0 aliphatic carbocycles. The number of carbonyl (C=O) groups is 1. The van der Waals surface area contributed by atoms with E-state index >= 15 is 0 Å². The van der Waals surface area contributed by atoms with E-state index in [9.17, 15) is 4.79 Å². The summed E-state index contributed by atoms with van der Waals surface area (Å²) in [7, 11) is 3.49. The number of hydrogen-bond donors (Lipinski definition) is 0. The summed E-state index contributed by atoms with van der Waals surface area (Å²) in [5, 5.41) is 2.32. The monoisotopic (exact) mass is 349 g/mol. The van der Waals surface area contributed by atoms with Crippen molar-refractivity contribution in [1.82, 2.24) is 4.90 Å². The summed E-state index contributed by atoms with van der Waals surface area (Å²) < 4.78 is 5.08. The molecule has 0 aromatic heterocycles. The van der Waals surface area contributed by atoms with E-state index in [2.05, 4.69) is 34.1 Å². The minimum Gasteiger partial charge on any atom is -0.383 e. The van der Waals surface area contributed by atoms with E-state index in [1.165, 1.54) is 5.39 Å². The Morgan fingerprint density at radius 1 is 1.24 bits per heavy atom. The number of benzene rings is 2. The van der Waals surface area contributed by atoms with Gasteiger partial charge in [0.15, 0.2) is 0 Å². The molecule has 3 nitrogen and oxygen atoms in total. The first kappa shape index (κ1) is 16.0. The molecular formula is C17H20BrNO2. The molecule has 0 bridgehead atoms. The molecule has 0 saturated heterocycles. The van der Waals surface area contributed by atoms with Crippen LogP contribution in [0.2, 0.25) is 0 Å². The summed E-state index contributed by atoms with van der Waals surface area (Å²) in [6, 6.07) is 14.3. The average molecular weight is 350 g/mol. The number of halogens is 1. The standard InChI is InChI=1S/C17H20BrNO2/c1-19(11-15(18)12-21-2)17(20)10-14-8-5-7-13-6-3-4-9-16(13)14/h3-9,15H,10-12H2,1-2H3. The number of carbonyl (C=O) groups excluding carboxylic acids is 1. The minimum atomic E-state index is 0.118. The summed E-state index contributed by atoms with van der Waals surface area (Å²) in [5.41, 5.74) is 1.07. The fraction of sp³-hybridized carbons (Fsp3) is 0.353. The SMILES string of the molecule is COCC(Br)CN(C)C(=O)Cc1cccc2ccccc12. The van der Waals surface area contributed by atoms with Gasteiger partial charge in [-0.3, -0.25) is 4.79 Å². The normalized spacial score (nSPS) is 12.3. The second-order valence-corrected chi connectivity index (χ2v) is 6.44. The number of fused-ring (bicyclic) bond motifs is 1. The Labute approximate surface area is 134 Å². The first-order valence-electron chi connectivity index (χ1n) is 6.95. The van der Waals surface area contributed by atoms with Gasteiger partial charge in [0, 0.05) is 20.7 Å². The molecule has 0 fully saturated rings. The smallest absolute Gasteiger partial charge is 0.226 e. The zero-order valence-corrected chi connectivity index (χ0v) is 14.0. The highest BCUT2D eigenvalue weighted by Gasteiger charge is 2.15. The quantitative estimate of drug-likeness (QED) is 0.749. The Morgan fingerprint density at radius 2 is 1.95 bits per heavy atom. The Bertz CT molecular complexity index is 609. The third-order valence-corrected chi connectivity index (χ3v) is 4.02. The van der Waals surface area contributed by atoms with Crippen LogP contribution in [0.5, 0.6) is 0 Å². The van der Waals surface area contributed by atoms with Crippen LogP contribution in [0.4, 0.5) is 0 Å². The Hall–Kier alpha value is -1.39. The molecule has 2 aromatic carbocycles. The van der Waals surface area contributed by atoms with Gasteiger partial charge in [-0.25, -0.2) is 0 Å². The maximum atomic E-state index is 12.4. The Morgan fingerprint density at radius 3 is 2.71 bits per heavy atom. The van der Waals surface area contributed by atoms with Gasteiger partial charge in [-0.05, 0) is 16.3 Å². The summed E-state index contributed by atoms with van der Waals surface area (Å²) in [6.45, 7) is 1.23. The van der Waals surface area contributed by atoms with Gasteiger partial charge in [0.2, 0.25) is 5.91 Å². The van der Waals surface area contributed by atoms with Crippen LogP contribution < -0.4 is 0 Å². The second kappa shape index (κ2) is 7.57. The number of alkyl halides is 1. The van der Waals surface area contributed by atoms with Crippen LogP contribution in [0.25, 0.3) is 10.8 Å². The van der Waals surface area contributed by atoms with Crippen molar-refractivity contribution in [3.8, 4) is 0 Å². The fourth-order valence-electron chi connectivity index (χ4n) is 2.38. The topological polar surface area (TPSA) is 29.5 Å². The molecule has 2 aromatic rings. The van der Waals surface area contributed by atoms with Gasteiger partial charge in [0.1, 0.15) is 0 Å². The highest BCUT2D eigenvalue weighted by atomic mass is 79.9. The van der Waals surface area contributed by atoms with E-state index in [0.29, 0.717) is 19.6 Å². The number of ether oxygens (including phenoxy) is 1. The Kier molecular flexibility index (Phi) is 5.76. The molecule has 1 amide bonds. The van der Waals surface area contributed by atoms with Gasteiger partial charge >= 0.3 is 0 Å². The molecular weight excluding hydrogens is 330 g/mol. The van der Waals surface area contributed by atoms with Crippen molar-refractivity contribution in [3.05, 3.63) is 48.0 Å². The van der Waals surface area contributed by atoms with Gasteiger partial charge < -0.3 is 9.64 Å². The predicted molar refractivity (Wildman–Crippen MR) is 89.9 cm³/mol. The lowest BCUT2D eigenvalue weighted by Crippen LogP contribution is -2.34. The third-order valence-electron chi connectivity index (χ3n) is 3.47. The molecule has 1 unspecified atom stereocenters. The largest absolute Gasteiger partial charge is 0.383 e. The first-order valence-corrected chi connectivity index (χ1v) is 7.87. The van der Waals surface area contributed by atoms with Crippen LogP contribution in [-0.4, -0.2) is 42.9 Å². The van der Waals surface area contributed by atoms with Crippen LogP contribution in [0.1, 0.15) is 5.56 Å². The number of nitrogens with zero attached hydrogens (tertiary/aromatic N) is 1. The molecule has 0 N–H and O–H groups in total. The number of rotatable bonds is 6. The number of amides is 1. The van der Waals surface area contributed by atoms with Gasteiger partial charge in [0.05, 0.1) is 17.9 Å². The lowest BCUT2D eigenvalue weighted by atomic mass is 10.0. The molecule has 0 aliphatic heterocycles. The van der Waals surface area contributed by atoms with E-state index in [0.717, 1.165) is 10.9 Å². The van der Waals surface area contributed by atoms with Crippen molar-refractivity contribution in [2.24, 2.45) is 0 Å². The van der Waals surface area contributed by atoms with Crippen LogP contribution in [0, 0.1) is 0 Å². The van der Waals surface area contributed by atoms with E-state index in [-0.39, 0.29) is 10.7 Å². The second-order valence-electron chi connectivity index (χ2n) is 5.14. The van der Waals surface area contributed by atoms with Crippen LogP contribution in [0.3, 0.4) is 0 Å². The van der Waals surface area contributed by atoms with Crippen molar-refractivity contribution in [3.63, 3.8) is 0 Å². The number of hydrogen-bond acceptors (Lipinski definition) is 2. The number of likely N-dealkylation sites (N-methyl/N-ethyl adjacent to an activating group) is 1. The molecule has 0 aliphatic rings. The number of methoxy groups -OCH3 is 1. The molecule has 0 radical (unpaired) electrons. The van der Waals surface area contributed by atoms with Crippen molar-refractivity contribution in [2.75, 3.05) is 27.3 Å². The highest BCUT2D eigenvalue weighted by molar-refractivity contribution is 9.09. The molecule has 1 atom stereocenters. The van der Waals surface area contributed by atoms with Crippen LogP contribution >= 0.6 is 15.9 Å². The molecule has 21 heavy (non-hydrogen) atoms. The van der Waals surface area contributed by atoms with E-state index in [1.54, 1.807) is 12.0 Å². The van der Waals surface area contributed by atoms with Gasteiger partial charge in [-0.15, -0.1) is 0 Å². The fourth-order valence-corrected chi connectivity index (χ4v) is 3.08. The zero-order chi connectivity index (χ0) is 15.2. The van der Waals surface area contributed by atoms with Crippen molar-refractivity contribution < 1.29 is 9.53 Å². The first-order chi connectivity index (χ1) is 10.1. The van der Waals surface area contributed by atoms with Gasteiger partial charge in [0.25, 0.3) is 0 Å².